The average molecular weight is 278 g/mol. The molecule has 5 N–H and O–H groups in total. The fourth-order valence-corrected chi connectivity index (χ4v) is 2.03. The Kier molecular flexibility index (Phi) is 3.68. The molecule has 1 heterocycles. The zero-order chi connectivity index (χ0) is 13.9. The third kappa shape index (κ3) is 3.67. The van der Waals surface area contributed by atoms with Gasteiger partial charge in [-0.15, -0.1) is 0 Å². The van der Waals surface area contributed by atoms with Crippen LogP contribution in [0.25, 0.3) is 0 Å². The summed E-state index contributed by atoms with van der Waals surface area (Å²) >= 11 is 0. The molecule has 0 saturated carbocycles. The molecule has 0 unspecified atom stereocenters. The number of sulfonamides is 1. The SMILES string of the molecule is Nc1ccc(NCc2ccc(S(N)(=O)=O)cc2)cn1. The molecule has 0 aliphatic carbocycles. The van der Waals surface area contributed by atoms with Crippen molar-refractivity contribution in [3.05, 3.63) is 48.2 Å². The van der Waals surface area contributed by atoms with E-state index in [1.807, 2.05) is 6.07 Å². The Hall–Kier alpha value is -2.12. The fourth-order valence-electron chi connectivity index (χ4n) is 1.51. The van der Waals surface area contributed by atoms with Gasteiger partial charge in [-0.3, -0.25) is 0 Å². The van der Waals surface area contributed by atoms with Crippen molar-refractivity contribution >= 4 is 21.5 Å². The lowest BCUT2D eigenvalue weighted by atomic mass is 10.2. The highest BCUT2D eigenvalue weighted by molar-refractivity contribution is 7.89. The summed E-state index contributed by atoms with van der Waals surface area (Å²) < 4.78 is 22.2. The lowest BCUT2D eigenvalue weighted by Crippen LogP contribution is -2.12. The van der Waals surface area contributed by atoms with Gasteiger partial charge in [0.15, 0.2) is 0 Å². The summed E-state index contributed by atoms with van der Waals surface area (Å²) in [6.07, 6.45) is 1.63. The molecule has 0 saturated heterocycles. The Bertz CT molecular complexity index is 651. The number of anilines is 2. The molecule has 19 heavy (non-hydrogen) atoms. The molecule has 0 bridgehead atoms. The van der Waals surface area contributed by atoms with Gasteiger partial charge in [-0.05, 0) is 29.8 Å². The molecule has 2 aromatic rings. The number of hydrogen-bond donors (Lipinski definition) is 3. The molecule has 0 amide bonds. The quantitative estimate of drug-likeness (QED) is 0.770. The van der Waals surface area contributed by atoms with Crippen molar-refractivity contribution in [2.75, 3.05) is 11.1 Å². The van der Waals surface area contributed by atoms with Crippen molar-refractivity contribution in [3.8, 4) is 0 Å². The van der Waals surface area contributed by atoms with Crippen LogP contribution in [0.3, 0.4) is 0 Å². The normalized spacial score (nSPS) is 11.2. The largest absolute Gasteiger partial charge is 0.384 e. The molecule has 0 atom stereocenters. The molecule has 1 aromatic carbocycles. The number of benzene rings is 1. The van der Waals surface area contributed by atoms with E-state index in [2.05, 4.69) is 10.3 Å². The number of nitrogen functional groups attached to an aromatic ring is 1. The van der Waals surface area contributed by atoms with Crippen LogP contribution in [0.15, 0.2) is 47.5 Å². The minimum Gasteiger partial charge on any atom is -0.384 e. The Labute approximate surface area is 111 Å². The highest BCUT2D eigenvalue weighted by atomic mass is 32.2. The maximum atomic E-state index is 11.1. The van der Waals surface area contributed by atoms with E-state index in [1.165, 1.54) is 12.1 Å². The first-order chi connectivity index (χ1) is 8.95. The fraction of sp³-hybridized carbons (Fsp3) is 0.0833. The second kappa shape index (κ2) is 5.25. The number of nitrogens with zero attached hydrogens (tertiary/aromatic N) is 1. The molecule has 0 spiro atoms. The summed E-state index contributed by atoms with van der Waals surface area (Å²) in [6.45, 7) is 0.552. The van der Waals surface area contributed by atoms with Crippen LogP contribution in [-0.4, -0.2) is 13.4 Å². The van der Waals surface area contributed by atoms with E-state index in [1.54, 1.807) is 24.4 Å². The second-order valence-corrected chi connectivity index (χ2v) is 5.58. The first kappa shape index (κ1) is 13.3. The predicted molar refractivity (Wildman–Crippen MR) is 73.8 cm³/mol. The van der Waals surface area contributed by atoms with Gasteiger partial charge in [-0.2, -0.15) is 0 Å². The molecule has 0 aliphatic heterocycles. The third-order valence-electron chi connectivity index (χ3n) is 2.53. The van der Waals surface area contributed by atoms with Crippen LogP contribution in [-0.2, 0) is 16.6 Å². The zero-order valence-electron chi connectivity index (χ0n) is 10.1. The molecule has 1 aromatic heterocycles. The van der Waals surface area contributed by atoms with Gasteiger partial charge in [0.25, 0.3) is 0 Å². The molecule has 7 heteroatoms. The van der Waals surface area contributed by atoms with Gasteiger partial charge in [-0.1, -0.05) is 12.1 Å². The summed E-state index contributed by atoms with van der Waals surface area (Å²) in [5.74, 6) is 0.461. The molecule has 6 nitrogen and oxygen atoms in total. The van der Waals surface area contributed by atoms with Crippen LogP contribution in [0.1, 0.15) is 5.56 Å². The van der Waals surface area contributed by atoms with Crippen molar-refractivity contribution in [3.63, 3.8) is 0 Å². The number of rotatable bonds is 4. The molecular formula is C12H14N4O2S. The Balaban J connectivity index is 2.02. The van der Waals surface area contributed by atoms with Crippen LogP contribution in [0.4, 0.5) is 11.5 Å². The highest BCUT2D eigenvalue weighted by Crippen LogP contribution is 2.12. The van der Waals surface area contributed by atoms with Gasteiger partial charge in [0.05, 0.1) is 16.8 Å². The summed E-state index contributed by atoms with van der Waals surface area (Å²) in [6, 6.07) is 9.89. The molecule has 0 fully saturated rings. The van der Waals surface area contributed by atoms with Crippen molar-refractivity contribution in [1.82, 2.24) is 4.98 Å². The average Bonchev–Trinajstić information content (AvgIpc) is 2.37. The monoisotopic (exact) mass is 278 g/mol. The van der Waals surface area contributed by atoms with Crippen molar-refractivity contribution in [1.29, 1.82) is 0 Å². The molecular weight excluding hydrogens is 264 g/mol. The summed E-state index contributed by atoms with van der Waals surface area (Å²) in [4.78, 5) is 4.06. The van der Waals surface area contributed by atoms with Gasteiger partial charge in [0, 0.05) is 6.54 Å². The number of nitrogens with one attached hydrogen (secondary N) is 1. The number of hydrogen-bond acceptors (Lipinski definition) is 5. The number of nitrogens with two attached hydrogens (primary N) is 2. The van der Waals surface area contributed by atoms with Crippen LogP contribution in [0, 0.1) is 0 Å². The standard InChI is InChI=1S/C12H14N4O2S/c13-12-6-3-10(8-16-12)15-7-9-1-4-11(5-2-9)19(14,17)18/h1-6,8,15H,7H2,(H2,13,16)(H2,14,17,18). The third-order valence-corrected chi connectivity index (χ3v) is 3.46. The Morgan fingerprint density at radius 2 is 1.79 bits per heavy atom. The van der Waals surface area contributed by atoms with E-state index in [-0.39, 0.29) is 4.90 Å². The van der Waals surface area contributed by atoms with Crippen LogP contribution in [0.2, 0.25) is 0 Å². The van der Waals surface area contributed by atoms with Crippen LogP contribution >= 0.6 is 0 Å². The lowest BCUT2D eigenvalue weighted by Gasteiger charge is -2.07. The minimum absolute atomic E-state index is 0.102. The Morgan fingerprint density at radius 1 is 1.11 bits per heavy atom. The van der Waals surface area contributed by atoms with Gasteiger partial charge in [0.1, 0.15) is 5.82 Å². The minimum atomic E-state index is -3.64. The number of aromatic nitrogens is 1. The Morgan fingerprint density at radius 3 is 2.32 bits per heavy atom. The smallest absolute Gasteiger partial charge is 0.238 e. The van der Waals surface area contributed by atoms with Gasteiger partial charge in [-0.25, -0.2) is 18.5 Å². The van der Waals surface area contributed by atoms with Gasteiger partial charge < -0.3 is 11.1 Å². The van der Waals surface area contributed by atoms with Crippen LogP contribution in [0.5, 0.6) is 0 Å². The van der Waals surface area contributed by atoms with Gasteiger partial charge >= 0.3 is 0 Å². The topological polar surface area (TPSA) is 111 Å². The van der Waals surface area contributed by atoms with Crippen molar-refractivity contribution < 1.29 is 8.42 Å². The van der Waals surface area contributed by atoms with E-state index in [0.717, 1.165) is 11.3 Å². The van der Waals surface area contributed by atoms with E-state index in [9.17, 15) is 8.42 Å². The van der Waals surface area contributed by atoms with Crippen LogP contribution < -0.4 is 16.2 Å². The second-order valence-electron chi connectivity index (χ2n) is 4.01. The van der Waals surface area contributed by atoms with E-state index < -0.39 is 10.0 Å². The van der Waals surface area contributed by atoms with E-state index >= 15 is 0 Å². The zero-order valence-corrected chi connectivity index (χ0v) is 10.9. The summed E-state index contributed by atoms with van der Waals surface area (Å²) in [5, 5.41) is 8.17. The number of primary sulfonamides is 1. The molecule has 0 aliphatic rings. The van der Waals surface area contributed by atoms with E-state index in [0.29, 0.717) is 12.4 Å². The molecule has 2 rings (SSSR count). The number of pyridine rings is 1. The summed E-state index contributed by atoms with van der Waals surface area (Å²) in [7, 11) is -3.64. The predicted octanol–water partition coefficient (Wildman–Crippen LogP) is 0.923. The van der Waals surface area contributed by atoms with Crippen molar-refractivity contribution in [2.45, 2.75) is 11.4 Å². The first-order valence-electron chi connectivity index (χ1n) is 5.52. The van der Waals surface area contributed by atoms with Gasteiger partial charge in [0.2, 0.25) is 10.0 Å². The van der Waals surface area contributed by atoms with E-state index in [4.69, 9.17) is 10.9 Å². The molecule has 0 radical (unpaired) electrons. The highest BCUT2D eigenvalue weighted by Gasteiger charge is 2.06. The summed E-state index contributed by atoms with van der Waals surface area (Å²) in [5.41, 5.74) is 7.26. The lowest BCUT2D eigenvalue weighted by molar-refractivity contribution is 0.598. The maximum absolute atomic E-state index is 11.1. The van der Waals surface area contributed by atoms with Crippen molar-refractivity contribution in [2.24, 2.45) is 5.14 Å². The first-order valence-corrected chi connectivity index (χ1v) is 7.07. The maximum Gasteiger partial charge on any atom is 0.238 e. The molecule has 100 valence electrons.